The molecule has 1 aliphatic rings. The van der Waals surface area contributed by atoms with Gasteiger partial charge in [0, 0.05) is 19.6 Å². The first-order valence-corrected chi connectivity index (χ1v) is 5.64. The maximum absolute atomic E-state index is 12.9. The summed E-state index contributed by atoms with van der Waals surface area (Å²) in [5.74, 6) is 0. The lowest BCUT2D eigenvalue weighted by atomic mass is 9.96. The van der Waals surface area contributed by atoms with Gasteiger partial charge in [-0.2, -0.15) is 8.78 Å². The van der Waals surface area contributed by atoms with Crippen LogP contribution in [0.25, 0.3) is 0 Å². The molecule has 0 aromatic rings. The Morgan fingerprint density at radius 1 is 1.27 bits per heavy atom. The molecule has 0 spiro atoms. The normalized spacial score (nSPS) is 21.8. The highest BCUT2D eigenvalue weighted by Crippen LogP contribution is 2.20. The van der Waals surface area contributed by atoms with E-state index in [-0.39, 0.29) is 12.0 Å². The number of hydrogen-bond donors (Lipinski definition) is 1. The third kappa shape index (κ3) is 6.79. The van der Waals surface area contributed by atoms with E-state index in [1.54, 1.807) is 0 Å². The first-order chi connectivity index (χ1) is 6.79. The highest BCUT2D eigenvalue weighted by atomic mass is 19.3. The van der Waals surface area contributed by atoms with Crippen molar-refractivity contribution in [2.24, 2.45) is 5.41 Å². The second-order valence-corrected chi connectivity index (χ2v) is 4.90. The summed E-state index contributed by atoms with van der Waals surface area (Å²) in [6.07, 6.45) is 0. The Kier molecular flexibility index (Phi) is 5.67. The molecule has 92 valence electrons. The van der Waals surface area contributed by atoms with Crippen LogP contribution in [0.15, 0.2) is 0 Å². The molecular formula is C11H24F2N2. The molecule has 0 aliphatic carbocycles. The lowest BCUT2D eigenvalue weighted by Gasteiger charge is -2.36. The maximum Gasteiger partial charge on any atom is 0.315 e. The SMILES string of the molecule is CC.CC(C)(C)CN1CCNC(F)(F)C1. The van der Waals surface area contributed by atoms with Crippen LogP contribution in [0.4, 0.5) is 8.78 Å². The molecule has 1 aliphatic heterocycles. The van der Waals surface area contributed by atoms with Crippen molar-refractivity contribution in [1.82, 2.24) is 10.2 Å². The molecule has 0 amide bonds. The molecule has 1 saturated heterocycles. The van der Waals surface area contributed by atoms with Crippen LogP contribution < -0.4 is 5.32 Å². The Bertz CT molecular complexity index is 174. The van der Waals surface area contributed by atoms with Crippen LogP contribution >= 0.6 is 0 Å². The van der Waals surface area contributed by atoms with E-state index in [4.69, 9.17) is 0 Å². The van der Waals surface area contributed by atoms with Gasteiger partial charge in [-0.3, -0.25) is 10.2 Å². The van der Waals surface area contributed by atoms with Crippen LogP contribution in [-0.2, 0) is 0 Å². The van der Waals surface area contributed by atoms with Crippen molar-refractivity contribution >= 4 is 0 Å². The quantitative estimate of drug-likeness (QED) is 0.686. The van der Waals surface area contributed by atoms with Gasteiger partial charge in [-0.25, -0.2) is 0 Å². The smallest absolute Gasteiger partial charge is 0.294 e. The van der Waals surface area contributed by atoms with E-state index in [1.807, 2.05) is 18.7 Å². The van der Waals surface area contributed by atoms with Gasteiger partial charge in [-0.1, -0.05) is 34.6 Å². The zero-order valence-corrected chi connectivity index (χ0v) is 10.5. The molecule has 1 fully saturated rings. The number of piperazine rings is 1. The van der Waals surface area contributed by atoms with Gasteiger partial charge >= 0.3 is 6.05 Å². The summed E-state index contributed by atoms with van der Waals surface area (Å²) in [5, 5.41) is 2.20. The molecule has 0 radical (unpaired) electrons. The largest absolute Gasteiger partial charge is 0.315 e. The number of alkyl halides is 2. The van der Waals surface area contributed by atoms with Gasteiger partial charge in [0.2, 0.25) is 0 Å². The summed E-state index contributed by atoms with van der Waals surface area (Å²) in [7, 11) is 0. The second-order valence-electron chi connectivity index (χ2n) is 4.90. The third-order valence-electron chi connectivity index (χ3n) is 1.93. The predicted octanol–water partition coefficient (Wildman–Crippen LogP) is 2.56. The first-order valence-electron chi connectivity index (χ1n) is 5.64. The van der Waals surface area contributed by atoms with Crippen molar-refractivity contribution < 1.29 is 8.78 Å². The number of nitrogens with one attached hydrogen (secondary N) is 1. The van der Waals surface area contributed by atoms with Crippen LogP contribution in [0.5, 0.6) is 0 Å². The lowest BCUT2D eigenvalue weighted by Crippen LogP contribution is -2.56. The number of hydrogen-bond acceptors (Lipinski definition) is 2. The summed E-state index contributed by atoms with van der Waals surface area (Å²) in [6.45, 7) is 11.8. The van der Waals surface area contributed by atoms with Gasteiger partial charge in [-0.05, 0) is 5.41 Å². The number of halogens is 2. The molecule has 0 aromatic heterocycles. The third-order valence-corrected chi connectivity index (χ3v) is 1.93. The van der Waals surface area contributed by atoms with Crippen LogP contribution in [-0.4, -0.2) is 37.1 Å². The molecule has 1 heterocycles. The summed E-state index contributed by atoms with van der Waals surface area (Å²) >= 11 is 0. The van der Waals surface area contributed by atoms with Gasteiger partial charge in [0.05, 0.1) is 6.54 Å². The Balaban J connectivity index is 0.000000921. The van der Waals surface area contributed by atoms with Crippen LogP contribution in [0, 0.1) is 5.41 Å². The molecule has 4 heteroatoms. The molecule has 2 nitrogen and oxygen atoms in total. The van der Waals surface area contributed by atoms with E-state index in [2.05, 4.69) is 26.1 Å². The summed E-state index contributed by atoms with van der Waals surface area (Å²) < 4.78 is 25.8. The van der Waals surface area contributed by atoms with Crippen molar-refractivity contribution in [3.05, 3.63) is 0 Å². The molecule has 0 saturated carbocycles. The van der Waals surface area contributed by atoms with E-state index < -0.39 is 6.05 Å². The van der Waals surface area contributed by atoms with Crippen molar-refractivity contribution in [3.8, 4) is 0 Å². The summed E-state index contributed by atoms with van der Waals surface area (Å²) in [4.78, 5) is 1.82. The Hall–Kier alpha value is -0.220. The minimum absolute atomic E-state index is 0.0907. The van der Waals surface area contributed by atoms with Gasteiger partial charge in [0.15, 0.2) is 0 Å². The topological polar surface area (TPSA) is 15.3 Å². The van der Waals surface area contributed by atoms with Crippen LogP contribution in [0.3, 0.4) is 0 Å². The van der Waals surface area contributed by atoms with E-state index in [9.17, 15) is 8.78 Å². The van der Waals surface area contributed by atoms with Crippen molar-refractivity contribution in [3.63, 3.8) is 0 Å². The lowest BCUT2D eigenvalue weighted by molar-refractivity contribution is -0.0888. The zero-order chi connectivity index (χ0) is 12.1. The molecule has 0 atom stereocenters. The Labute approximate surface area is 92.0 Å². The minimum atomic E-state index is -2.70. The van der Waals surface area contributed by atoms with E-state index >= 15 is 0 Å². The molecule has 0 aromatic carbocycles. The summed E-state index contributed by atoms with van der Waals surface area (Å²) in [5.41, 5.74) is 0.0907. The molecule has 0 unspecified atom stereocenters. The maximum atomic E-state index is 12.9. The zero-order valence-electron chi connectivity index (χ0n) is 10.5. The van der Waals surface area contributed by atoms with Gasteiger partial charge in [0.25, 0.3) is 0 Å². The fraction of sp³-hybridized carbons (Fsp3) is 1.00. The van der Waals surface area contributed by atoms with Crippen molar-refractivity contribution in [1.29, 1.82) is 0 Å². The highest BCUT2D eigenvalue weighted by Gasteiger charge is 2.35. The molecule has 0 bridgehead atoms. The predicted molar refractivity (Wildman–Crippen MR) is 60.2 cm³/mol. The van der Waals surface area contributed by atoms with Crippen LogP contribution in [0.2, 0.25) is 0 Å². The Morgan fingerprint density at radius 3 is 2.20 bits per heavy atom. The monoisotopic (exact) mass is 222 g/mol. The van der Waals surface area contributed by atoms with Gasteiger partial charge in [-0.15, -0.1) is 0 Å². The standard InChI is InChI=1S/C9H18F2N2.C2H6/c1-8(2,3)6-13-5-4-12-9(10,11)7-13;1-2/h12H,4-7H2,1-3H3;1-2H3. The molecule has 1 rings (SSSR count). The van der Waals surface area contributed by atoms with E-state index in [1.165, 1.54) is 0 Å². The first kappa shape index (κ1) is 14.8. The van der Waals surface area contributed by atoms with Crippen molar-refractivity contribution in [2.45, 2.75) is 40.7 Å². The average Bonchev–Trinajstić information content (AvgIpc) is 2.02. The van der Waals surface area contributed by atoms with Crippen LogP contribution in [0.1, 0.15) is 34.6 Å². The van der Waals surface area contributed by atoms with Gasteiger partial charge < -0.3 is 0 Å². The highest BCUT2D eigenvalue weighted by molar-refractivity contribution is 4.80. The summed E-state index contributed by atoms with van der Waals surface area (Å²) in [6, 6.07) is -2.70. The number of rotatable bonds is 1. The molecule has 1 N–H and O–H groups in total. The number of nitrogens with zero attached hydrogens (tertiary/aromatic N) is 1. The average molecular weight is 222 g/mol. The second kappa shape index (κ2) is 5.75. The molecule has 15 heavy (non-hydrogen) atoms. The fourth-order valence-corrected chi connectivity index (χ4v) is 1.62. The Morgan fingerprint density at radius 2 is 1.80 bits per heavy atom. The fourth-order valence-electron chi connectivity index (χ4n) is 1.62. The molecular weight excluding hydrogens is 198 g/mol. The van der Waals surface area contributed by atoms with E-state index in [0.717, 1.165) is 6.54 Å². The minimum Gasteiger partial charge on any atom is -0.294 e. The van der Waals surface area contributed by atoms with Gasteiger partial charge in [0.1, 0.15) is 0 Å². The van der Waals surface area contributed by atoms with E-state index in [0.29, 0.717) is 13.1 Å². The van der Waals surface area contributed by atoms with Crippen molar-refractivity contribution in [2.75, 3.05) is 26.2 Å².